The first-order valence-corrected chi connectivity index (χ1v) is 8.34. The zero-order valence-electron chi connectivity index (χ0n) is 13.9. The molecular weight excluding hydrogens is 288 g/mol. The zero-order chi connectivity index (χ0) is 16.3. The number of allylic oxidation sites excluding steroid dienone is 3. The molecule has 0 spiro atoms. The second kappa shape index (κ2) is 6.61. The van der Waals surface area contributed by atoms with Crippen LogP contribution in [0.1, 0.15) is 38.7 Å². The van der Waals surface area contributed by atoms with E-state index in [1.165, 1.54) is 5.56 Å². The van der Waals surface area contributed by atoms with Crippen LogP contribution in [0.3, 0.4) is 0 Å². The Hall–Kier alpha value is -2.03. The highest BCUT2D eigenvalue weighted by Crippen LogP contribution is 2.39. The highest BCUT2D eigenvalue weighted by atomic mass is 16.5. The number of furan rings is 1. The van der Waals surface area contributed by atoms with Crippen LogP contribution in [-0.4, -0.2) is 12.6 Å². The lowest BCUT2D eigenvalue weighted by molar-refractivity contribution is -0.135. The molecule has 3 rings (SSSR count). The zero-order valence-corrected chi connectivity index (χ0v) is 13.9. The number of carbonyl (C=O) groups excluding carboxylic acids is 1. The Kier molecular flexibility index (Phi) is 4.56. The second-order valence-corrected chi connectivity index (χ2v) is 6.89. The highest BCUT2D eigenvalue weighted by molar-refractivity contribution is 5.94. The lowest BCUT2D eigenvalue weighted by Gasteiger charge is -2.33. The summed E-state index contributed by atoms with van der Waals surface area (Å²) in [6.07, 6.45) is 15.9. The summed E-state index contributed by atoms with van der Waals surface area (Å²) in [6.45, 7) is 5.10. The minimum atomic E-state index is -0.180. The van der Waals surface area contributed by atoms with Crippen LogP contribution in [-0.2, 0) is 16.0 Å². The molecule has 1 aromatic rings. The van der Waals surface area contributed by atoms with E-state index in [9.17, 15) is 4.79 Å². The number of esters is 1. The Morgan fingerprint density at radius 1 is 1.35 bits per heavy atom. The molecule has 3 heteroatoms. The molecule has 3 nitrogen and oxygen atoms in total. The standard InChI is InChI=1S/C20H24O3/c1-15-6-7-17-14-23-19(21)18(17)5-3-4-10-20(15,2)11-8-16-9-12-22-13-16/h3-5,9-10,12-13,15H,6-8,11,14H2,1-2H3/b5-3-,10-4-. The lowest BCUT2D eigenvalue weighted by Crippen LogP contribution is -2.24. The molecule has 0 N–H and O–H groups in total. The van der Waals surface area contributed by atoms with Crippen LogP contribution < -0.4 is 0 Å². The van der Waals surface area contributed by atoms with Gasteiger partial charge in [-0.05, 0) is 60.3 Å². The van der Waals surface area contributed by atoms with Crippen molar-refractivity contribution in [2.45, 2.75) is 39.5 Å². The summed E-state index contributed by atoms with van der Waals surface area (Å²) in [4.78, 5) is 11.8. The molecule has 1 aliphatic heterocycles. The largest absolute Gasteiger partial charge is 0.472 e. The van der Waals surface area contributed by atoms with Gasteiger partial charge in [-0.3, -0.25) is 0 Å². The molecule has 0 bridgehead atoms. The molecule has 2 aliphatic rings. The molecule has 122 valence electrons. The second-order valence-electron chi connectivity index (χ2n) is 6.89. The van der Waals surface area contributed by atoms with Crippen molar-refractivity contribution in [2.24, 2.45) is 11.3 Å². The maximum absolute atomic E-state index is 11.8. The molecule has 0 fully saturated rings. The first-order valence-electron chi connectivity index (χ1n) is 8.34. The minimum absolute atomic E-state index is 0.128. The maximum atomic E-state index is 11.8. The molecule has 0 saturated carbocycles. The Bertz CT molecular complexity index is 648. The van der Waals surface area contributed by atoms with Crippen LogP contribution in [0.25, 0.3) is 0 Å². The number of hydrogen-bond acceptors (Lipinski definition) is 3. The van der Waals surface area contributed by atoms with Crippen molar-refractivity contribution in [3.63, 3.8) is 0 Å². The van der Waals surface area contributed by atoms with Gasteiger partial charge in [0.1, 0.15) is 6.61 Å². The molecule has 0 radical (unpaired) electrons. The number of ether oxygens (including phenoxy) is 1. The number of rotatable bonds is 3. The number of hydrogen-bond donors (Lipinski definition) is 0. The van der Waals surface area contributed by atoms with Gasteiger partial charge in [-0.1, -0.05) is 32.1 Å². The Labute approximate surface area is 137 Å². The molecular formula is C20H24O3. The van der Waals surface area contributed by atoms with Crippen LogP contribution in [0.2, 0.25) is 0 Å². The minimum Gasteiger partial charge on any atom is -0.472 e. The topological polar surface area (TPSA) is 39.4 Å². The quantitative estimate of drug-likeness (QED) is 0.765. The summed E-state index contributed by atoms with van der Waals surface area (Å²) in [5.41, 5.74) is 3.28. The summed E-state index contributed by atoms with van der Waals surface area (Å²) in [5, 5.41) is 0. The summed E-state index contributed by atoms with van der Waals surface area (Å²) in [5.74, 6) is 0.349. The van der Waals surface area contributed by atoms with Crippen LogP contribution in [0.15, 0.2) is 58.5 Å². The third kappa shape index (κ3) is 3.49. The normalized spacial score (nSPS) is 30.7. The van der Waals surface area contributed by atoms with Gasteiger partial charge in [-0.2, -0.15) is 0 Å². The van der Waals surface area contributed by atoms with Gasteiger partial charge in [-0.15, -0.1) is 0 Å². The van der Waals surface area contributed by atoms with Crippen molar-refractivity contribution in [3.05, 3.63) is 59.6 Å². The van der Waals surface area contributed by atoms with Gasteiger partial charge in [0.2, 0.25) is 0 Å². The average Bonchev–Trinajstić information content (AvgIpc) is 3.17. The van der Waals surface area contributed by atoms with Gasteiger partial charge in [0.25, 0.3) is 0 Å². The maximum Gasteiger partial charge on any atom is 0.338 e. The summed E-state index contributed by atoms with van der Waals surface area (Å²) in [7, 11) is 0. The van der Waals surface area contributed by atoms with Crippen molar-refractivity contribution in [3.8, 4) is 0 Å². The Morgan fingerprint density at radius 2 is 2.22 bits per heavy atom. The first-order chi connectivity index (χ1) is 11.1. The van der Waals surface area contributed by atoms with Crippen molar-refractivity contribution >= 4 is 5.97 Å². The van der Waals surface area contributed by atoms with Crippen LogP contribution in [0.5, 0.6) is 0 Å². The van der Waals surface area contributed by atoms with Crippen molar-refractivity contribution in [1.82, 2.24) is 0 Å². The van der Waals surface area contributed by atoms with E-state index in [-0.39, 0.29) is 11.4 Å². The van der Waals surface area contributed by atoms with Gasteiger partial charge >= 0.3 is 5.97 Å². The molecule has 23 heavy (non-hydrogen) atoms. The van der Waals surface area contributed by atoms with Crippen LogP contribution >= 0.6 is 0 Å². The van der Waals surface area contributed by atoms with E-state index in [4.69, 9.17) is 9.15 Å². The number of carbonyl (C=O) groups is 1. The molecule has 0 saturated heterocycles. The van der Waals surface area contributed by atoms with E-state index < -0.39 is 0 Å². The highest BCUT2D eigenvalue weighted by Gasteiger charge is 2.30. The molecule has 1 aromatic heterocycles. The Morgan fingerprint density at radius 3 is 3.00 bits per heavy atom. The van der Waals surface area contributed by atoms with Crippen LogP contribution in [0.4, 0.5) is 0 Å². The van der Waals surface area contributed by atoms with Gasteiger partial charge in [0.15, 0.2) is 0 Å². The fraction of sp³-hybridized carbons (Fsp3) is 0.450. The molecule has 1 aliphatic carbocycles. The third-order valence-corrected chi connectivity index (χ3v) is 5.37. The van der Waals surface area contributed by atoms with E-state index in [2.05, 4.69) is 26.0 Å². The molecule has 2 heterocycles. The molecule has 2 unspecified atom stereocenters. The molecule has 0 aromatic carbocycles. The predicted octanol–water partition coefficient (Wildman–Crippen LogP) is 4.61. The van der Waals surface area contributed by atoms with Gasteiger partial charge < -0.3 is 9.15 Å². The fourth-order valence-electron chi connectivity index (χ4n) is 3.34. The van der Waals surface area contributed by atoms with Gasteiger partial charge in [-0.25, -0.2) is 4.79 Å². The number of cyclic esters (lactones) is 1. The molecule has 2 atom stereocenters. The van der Waals surface area contributed by atoms with E-state index >= 15 is 0 Å². The number of aryl methyl sites for hydroxylation is 1. The molecule has 0 amide bonds. The summed E-state index contributed by atoms with van der Waals surface area (Å²) in [6, 6.07) is 2.04. The van der Waals surface area contributed by atoms with E-state index in [1.54, 1.807) is 6.26 Å². The van der Waals surface area contributed by atoms with Crippen molar-refractivity contribution in [1.29, 1.82) is 0 Å². The van der Waals surface area contributed by atoms with Crippen LogP contribution in [0, 0.1) is 11.3 Å². The van der Waals surface area contributed by atoms with Gasteiger partial charge in [0.05, 0.1) is 18.1 Å². The van der Waals surface area contributed by atoms with Gasteiger partial charge in [0, 0.05) is 0 Å². The van der Waals surface area contributed by atoms with E-state index in [0.29, 0.717) is 12.5 Å². The lowest BCUT2D eigenvalue weighted by atomic mass is 9.71. The smallest absolute Gasteiger partial charge is 0.338 e. The van der Waals surface area contributed by atoms with Crippen molar-refractivity contribution < 1.29 is 13.9 Å². The summed E-state index contributed by atoms with van der Waals surface area (Å²) >= 11 is 0. The van der Waals surface area contributed by atoms with E-state index in [0.717, 1.165) is 36.8 Å². The van der Waals surface area contributed by atoms with Crippen molar-refractivity contribution in [2.75, 3.05) is 6.61 Å². The fourth-order valence-corrected chi connectivity index (χ4v) is 3.34. The Balaban J connectivity index is 1.76. The third-order valence-electron chi connectivity index (χ3n) is 5.37. The monoisotopic (exact) mass is 312 g/mol. The van der Waals surface area contributed by atoms with E-state index in [1.807, 2.05) is 24.5 Å². The predicted molar refractivity (Wildman–Crippen MR) is 89.8 cm³/mol. The average molecular weight is 312 g/mol. The SMILES string of the molecule is CC1CCC2=C(/C=C\C=C/C1(C)CCc1ccoc1)C(=O)OC2. The summed E-state index contributed by atoms with van der Waals surface area (Å²) < 4.78 is 10.3. The first kappa shape index (κ1) is 15.9.